The minimum Gasteiger partial charge on any atom is -0.458 e. The van der Waals surface area contributed by atoms with Crippen molar-refractivity contribution < 1.29 is 34.2 Å². The van der Waals surface area contributed by atoms with Gasteiger partial charge in [-0.15, -0.1) is 0 Å². The Morgan fingerprint density at radius 1 is 1.10 bits per heavy atom. The van der Waals surface area contributed by atoms with Gasteiger partial charge in [-0.05, 0) is 60.9 Å². The minimum absolute atomic E-state index is 0.0603. The van der Waals surface area contributed by atoms with Crippen molar-refractivity contribution in [3.05, 3.63) is 98.3 Å². The van der Waals surface area contributed by atoms with Crippen molar-refractivity contribution in [2.45, 2.75) is 65.0 Å². The second-order valence-electron chi connectivity index (χ2n) is 13.1. The summed E-state index contributed by atoms with van der Waals surface area (Å²) >= 11 is 0. The largest absolute Gasteiger partial charge is 0.458 e. The van der Waals surface area contributed by atoms with Gasteiger partial charge >= 0.3 is 12.1 Å². The van der Waals surface area contributed by atoms with Crippen LogP contribution in [0.2, 0.25) is 0 Å². The van der Waals surface area contributed by atoms with Crippen LogP contribution in [0.5, 0.6) is 5.75 Å². The summed E-state index contributed by atoms with van der Waals surface area (Å²) in [5, 5.41) is 30.1. The number of hydroxylamine groups is 1. The molecule has 0 radical (unpaired) electrons. The molecule has 2 aromatic heterocycles. The summed E-state index contributed by atoms with van der Waals surface area (Å²) in [4.78, 5) is 55.2. The topological polar surface area (TPSA) is 193 Å². The fourth-order valence-electron chi connectivity index (χ4n) is 6.51. The molecule has 0 spiro atoms. The summed E-state index contributed by atoms with van der Waals surface area (Å²) in [5.74, 6) is -0.970. The van der Waals surface area contributed by atoms with Gasteiger partial charge in [0.2, 0.25) is 0 Å². The van der Waals surface area contributed by atoms with Gasteiger partial charge in [-0.3, -0.25) is 14.8 Å². The molecular formula is C38H42N6O8. The molecule has 0 saturated heterocycles. The third kappa shape index (κ3) is 7.46. The number of hydrogen-bond donors (Lipinski definition) is 6. The van der Waals surface area contributed by atoms with Crippen LogP contribution in [0.3, 0.4) is 0 Å². The van der Waals surface area contributed by atoms with Crippen molar-refractivity contribution in [3.8, 4) is 17.1 Å². The Morgan fingerprint density at radius 3 is 2.62 bits per heavy atom. The van der Waals surface area contributed by atoms with Crippen LogP contribution in [-0.4, -0.2) is 63.5 Å². The second kappa shape index (κ2) is 15.5. The van der Waals surface area contributed by atoms with E-state index in [1.165, 1.54) is 6.08 Å². The Balaban J connectivity index is 1.16. The number of pyridine rings is 2. The van der Waals surface area contributed by atoms with E-state index in [0.29, 0.717) is 55.3 Å². The Morgan fingerprint density at radius 2 is 1.88 bits per heavy atom. The first-order valence-electron chi connectivity index (χ1n) is 17.3. The van der Waals surface area contributed by atoms with Crippen LogP contribution in [0.4, 0.5) is 4.79 Å². The van der Waals surface area contributed by atoms with Gasteiger partial charge in [0.05, 0.1) is 29.0 Å². The van der Waals surface area contributed by atoms with Crippen LogP contribution >= 0.6 is 0 Å². The molecule has 4 aromatic rings. The maximum Gasteiger partial charge on any atom is 0.412 e. The van der Waals surface area contributed by atoms with Gasteiger partial charge in [-0.1, -0.05) is 45.0 Å². The number of nitrogens with zero attached hydrogens (tertiary/aromatic N) is 2. The monoisotopic (exact) mass is 710 g/mol. The summed E-state index contributed by atoms with van der Waals surface area (Å²) in [6.45, 7) is 7.84. The van der Waals surface area contributed by atoms with Crippen molar-refractivity contribution in [1.82, 2.24) is 31.0 Å². The maximum absolute atomic E-state index is 13.6. The number of esters is 1. The van der Waals surface area contributed by atoms with Crippen molar-refractivity contribution in [3.63, 3.8) is 0 Å². The second-order valence-corrected chi connectivity index (χ2v) is 13.1. The number of aliphatic hydroxyl groups is 1. The molecule has 14 heteroatoms. The average Bonchev–Trinajstić information content (AvgIpc) is 3.50. The lowest BCUT2D eigenvalue weighted by Crippen LogP contribution is -2.44. The Hall–Kier alpha value is -5.41. The lowest BCUT2D eigenvalue weighted by atomic mass is 9.86. The van der Waals surface area contributed by atoms with Crippen LogP contribution in [0.15, 0.2) is 59.4 Å². The molecule has 1 atom stereocenters. The van der Waals surface area contributed by atoms with E-state index in [-0.39, 0.29) is 42.3 Å². The summed E-state index contributed by atoms with van der Waals surface area (Å²) in [6, 6.07) is 14.9. The molecule has 2 aliphatic heterocycles. The molecule has 6 N–H and O–H groups in total. The SMILES string of the molecule is CC[C@@]1(O)C(=O)OCc2c1cc1n(c2=O)Cc2cc3c(CCNC(C)C)c(OC(=O)NCCNCc4ccc(/C=C/C(=O)NO)cc4)ccc3nc2-1. The number of ether oxygens (including phenoxy) is 2. The van der Waals surface area contributed by atoms with E-state index < -0.39 is 23.6 Å². The molecule has 0 saturated carbocycles. The van der Waals surface area contributed by atoms with Gasteiger partial charge in [0, 0.05) is 53.8 Å². The van der Waals surface area contributed by atoms with Gasteiger partial charge in [0.1, 0.15) is 12.4 Å². The molecule has 14 nitrogen and oxygen atoms in total. The number of amides is 2. The van der Waals surface area contributed by atoms with Crippen LogP contribution in [0, 0.1) is 0 Å². The summed E-state index contributed by atoms with van der Waals surface area (Å²) in [6.07, 6.45) is 2.83. The first kappa shape index (κ1) is 36.4. The molecule has 2 aromatic carbocycles. The Bertz CT molecular complexity index is 2110. The predicted octanol–water partition coefficient (Wildman–Crippen LogP) is 3.02. The first-order valence-corrected chi connectivity index (χ1v) is 17.3. The third-order valence-electron chi connectivity index (χ3n) is 9.31. The third-order valence-corrected chi connectivity index (χ3v) is 9.31. The number of hydrogen-bond acceptors (Lipinski definition) is 11. The molecule has 2 aliphatic rings. The molecule has 2 amide bonds. The zero-order chi connectivity index (χ0) is 37.0. The number of rotatable bonds is 13. The highest BCUT2D eigenvalue weighted by atomic mass is 16.6. The smallest absolute Gasteiger partial charge is 0.412 e. The molecule has 272 valence electrons. The molecule has 52 heavy (non-hydrogen) atoms. The van der Waals surface area contributed by atoms with Crippen LogP contribution in [0.1, 0.15) is 60.6 Å². The maximum atomic E-state index is 13.6. The summed E-state index contributed by atoms with van der Waals surface area (Å²) in [7, 11) is 0. The van der Waals surface area contributed by atoms with Gasteiger partial charge in [0.25, 0.3) is 11.5 Å². The van der Waals surface area contributed by atoms with E-state index in [4.69, 9.17) is 19.7 Å². The van der Waals surface area contributed by atoms with E-state index in [0.717, 1.165) is 27.6 Å². The molecule has 0 unspecified atom stereocenters. The highest BCUT2D eigenvalue weighted by Crippen LogP contribution is 2.39. The molecule has 0 aliphatic carbocycles. The number of aromatic nitrogens is 2. The molecule has 0 bridgehead atoms. The van der Waals surface area contributed by atoms with Crippen LogP contribution < -0.4 is 31.7 Å². The van der Waals surface area contributed by atoms with Gasteiger partial charge < -0.3 is 35.1 Å². The quantitative estimate of drug-likeness (QED) is 0.0346. The fourth-order valence-corrected chi connectivity index (χ4v) is 6.51. The average molecular weight is 711 g/mol. The molecule has 4 heterocycles. The van der Waals surface area contributed by atoms with Crippen molar-refractivity contribution >= 4 is 34.9 Å². The highest BCUT2D eigenvalue weighted by molar-refractivity contribution is 5.91. The van der Waals surface area contributed by atoms with Crippen LogP contribution in [0.25, 0.3) is 28.4 Å². The van der Waals surface area contributed by atoms with E-state index in [2.05, 4.69) is 29.8 Å². The standard InChI is InChI=1S/C38H42N6O8/c1-4-38(49)29-18-31-34-25(20-44(31)35(46)28(29)21-51-36(38)47)17-27-26(13-14-40-22(2)3)32(11-10-30(27)42-34)52-37(48)41-16-15-39-19-24-7-5-23(6-8-24)9-12-33(45)43-50/h5-12,17-18,22,39-40,49-50H,4,13-16,19-21H2,1-3H3,(H,41,48)(H,43,45)/b12-9+/t38-/m0/s1. The lowest BCUT2D eigenvalue weighted by molar-refractivity contribution is -0.172. The van der Waals surface area contributed by atoms with E-state index in [1.54, 1.807) is 41.2 Å². The number of carbonyl (C=O) groups excluding carboxylic acids is 3. The van der Waals surface area contributed by atoms with E-state index in [9.17, 15) is 24.3 Å². The number of benzene rings is 2. The minimum atomic E-state index is -1.91. The first-order chi connectivity index (χ1) is 25.0. The van der Waals surface area contributed by atoms with Crippen molar-refractivity contribution in [2.24, 2.45) is 0 Å². The Kier molecular flexibility index (Phi) is 10.8. The van der Waals surface area contributed by atoms with Gasteiger partial charge in [-0.2, -0.15) is 0 Å². The summed E-state index contributed by atoms with van der Waals surface area (Å²) in [5.41, 5.74) is 5.02. The number of cyclic esters (lactones) is 1. The normalized spacial score (nSPS) is 16.1. The predicted molar refractivity (Wildman–Crippen MR) is 193 cm³/mol. The van der Waals surface area contributed by atoms with Gasteiger partial charge in [-0.25, -0.2) is 20.1 Å². The summed E-state index contributed by atoms with van der Waals surface area (Å²) < 4.78 is 12.6. The van der Waals surface area contributed by atoms with Gasteiger partial charge in [0.15, 0.2) is 5.60 Å². The Labute approximate surface area is 299 Å². The number of fused-ring (bicyclic) bond motifs is 5. The zero-order valence-corrected chi connectivity index (χ0v) is 29.2. The molecular weight excluding hydrogens is 668 g/mol. The van der Waals surface area contributed by atoms with E-state index >= 15 is 0 Å². The molecule has 6 rings (SSSR count). The van der Waals surface area contributed by atoms with Crippen LogP contribution in [-0.2, 0) is 46.0 Å². The zero-order valence-electron chi connectivity index (χ0n) is 29.2. The molecule has 0 fully saturated rings. The lowest BCUT2D eigenvalue weighted by Gasteiger charge is -2.31. The van der Waals surface area contributed by atoms with Crippen molar-refractivity contribution in [1.29, 1.82) is 0 Å². The number of nitrogens with one attached hydrogen (secondary N) is 4. The number of carbonyl (C=O) groups is 3. The highest BCUT2D eigenvalue weighted by Gasteiger charge is 2.45. The fraction of sp³-hybridized carbons (Fsp3) is 0.342. The van der Waals surface area contributed by atoms with E-state index in [1.807, 2.05) is 30.3 Å². The van der Waals surface area contributed by atoms with Crippen molar-refractivity contribution in [2.75, 3.05) is 19.6 Å².